The Morgan fingerprint density at radius 1 is 1.17 bits per heavy atom. The van der Waals surface area contributed by atoms with Gasteiger partial charge in [0.2, 0.25) is 5.91 Å². The van der Waals surface area contributed by atoms with E-state index in [4.69, 9.17) is 5.11 Å². The van der Waals surface area contributed by atoms with Crippen molar-refractivity contribution in [3.63, 3.8) is 0 Å². The quantitative estimate of drug-likeness (QED) is 0.667. The molecule has 0 aromatic carbocycles. The van der Waals surface area contributed by atoms with Crippen molar-refractivity contribution in [2.45, 2.75) is 53.4 Å². The topological polar surface area (TPSA) is 66.4 Å². The third-order valence-corrected chi connectivity index (χ3v) is 3.55. The van der Waals surface area contributed by atoms with Crippen molar-refractivity contribution >= 4 is 11.9 Å². The van der Waals surface area contributed by atoms with Crippen LogP contribution in [0.15, 0.2) is 0 Å². The molecule has 0 saturated heterocycles. The maximum atomic E-state index is 11.6. The molecule has 2 unspecified atom stereocenters. The van der Waals surface area contributed by atoms with Gasteiger partial charge in [-0.3, -0.25) is 9.59 Å². The number of carbonyl (C=O) groups excluding carboxylic acids is 1. The average molecular weight is 257 g/mol. The van der Waals surface area contributed by atoms with Crippen molar-refractivity contribution in [3.8, 4) is 0 Å². The lowest BCUT2D eigenvalue weighted by atomic mass is 9.88. The Bertz CT molecular complexity index is 264. The fraction of sp³-hybridized carbons (Fsp3) is 0.857. The second-order valence-electron chi connectivity index (χ2n) is 5.33. The summed E-state index contributed by atoms with van der Waals surface area (Å²) in [5.74, 6) is 0.215. The number of hydrogen-bond acceptors (Lipinski definition) is 2. The molecule has 2 atom stereocenters. The number of nitrogens with one attached hydrogen (secondary N) is 1. The summed E-state index contributed by atoms with van der Waals surface area (Å²) in [4.78, 5) is 22.2. The molecule has 0 saturated carbocycles. The molecular formula is C14H27NO3. The van der Waals surface area contributed by atoms with E-state index >= 15 is 0 Å². The highest BCUT2D eigenvalue weighted by Gasteiger charge is 2.16. The number of hydrogen-bond donors (Lipinski definition) is 2. The molecule has 0 spiro atoms. The normalized spacial score (nSPS) is 14.3. The average Bonchev–Trinajstić information content (AvgIpc) is 2.31. The van der Waals surface area contributed by atoms with Crippen molar-refractivity contribution in [2.75, 3.05) is 6.54 Å². The van der Waals surface area contributed by atoms with E-state index in [-0.39, 0.29) is 18.2 Å². The summed E-state index contributed by atoms with van der Waals surface area (Å²) in [5.41, 5.74) is 0. The molecule has 0 rings (SSSR count). The number of carboxylic acids is 1. The fourth-order valence-corrected chi connectivity index (χ4v) is 1.86. The van der Waals surface area contributed by atoms with Gasteiger partial charge in [-0.05, 0) is 31.1 Å². The first-order chi connectivity index (χ1) is 8.38. The van der Waals surface area contributed by atoms with Crippen LogP contribution in [0.2, 0.25) is 0 Å². The van der Waals surface area contributed by atoms with Gasteiger partial charge in [0, 0.05) is 18.9 Å². The minimum absolute atomic E-state index is 0.0570. The largest absolute Gasteiger partial charge is 0.481 e. The van der Waals surface area contributed by atoms with Crippen LogP contribution >= 0.6 is 0 Å². The maximum absolute atomic E-state index is 11.6. The SMILES string of the molecule is CCC(C)C(=O)NCCC(CCC(=O)O)C(C)C. The van der Waals surface area contributed by atoms with Gasteiger partial charge in [0.05, 0.1) is 0 Å². The van der Waals surface area contributed by atoms with Crippen molar-refractivity contribution < 1.29 is 14.7 Å². The van der Waals surface area contributed by atoms with E-state index in [2.05, 4.69) is 19.2 Å². The lowest BCUT2D eigenvalue weighted by Crippen LogP contribution is -2.31. The Balaban J connectivity index is 3.97. The molecule has 106 valence electrons. The van der Waals surface area contributed by atoms with Gasteiger partial charge in [-0.15, -0.1) is 0 Å². The molecule has 0 aliphatic carbocycles. The molecule has 4 nitrogen and oxygen atoms in total. The molecule has 18 heavy (non-hydrogen) atoms. The number of carbonyl (C=O) groups is 2. The molecule has 4 heteroatoms. The standard InChI is InChI=1S/C14H27NO3/c1-5-11(4)14(18)15-9-8-12(10(2)3)6-7-13(16)17/h10-12H,5-9H2,1-4H3,(H,15,18)(H,16,17). The van der Waals surface area contributed by atoms with Gasteiger partial charge in [-0.2, -0.15) is 0 Å². The molecule has 0 aliphatic heterocycles. The molecule has 1 amide bonds. The molecule has 0 aromatic rings. The van der Waals surface area contributed by atoms with Crippen LogP contribution < -0.4 is 5.32 Å². The molecule has 0 aromatic heterocycles. The van der Waals surface area contributed by atoms with Crippen LogP contribution in [-0.2, 0) is 9.59 Å². The predicted molar refractivity (Wildman–Crippen MR) is 72.3 cm³/mol. The summed E-state index contributed by atoms with van der Waals surface area (Å²) < 4.78 is 0. The molecule has 0 aliphatic rings. The molecule has 0 radical (unpaired) electrons. The van der Waals surface area contributed by atoms with Gasteiger partial charge in [0.25, 0.3) is 0 Å². The van der Waals surface area contributed by atoms with E-state index in [0.717, 1.165) is 12.8 Å². The molecular weight excluding hydrogens is 230 g/mol. The van der Waals surface area contributed by atoms with Gasteiger partial charge >= 0.3 is 5.97 Å². The Hall–Kier alpha value is -1.06. The third kappa shape index (κ3) is 7.30. The fourth-order valence-electron chi connectivity index (χ4n) is 1.86. The Morgan fingerprint density at radius 2 is 1.78 bits per heavy atom. The van der Waals surface area contributed by atoms with E-state index in [1.165, 1.54) is 0 Å². The molecule has 2 N–H and O–H groups in total. The highest BCUT2D eigenvalue weighted by molar-refractivity contribution is 5.78. The van der Waals surface area contributed by atoms with Crippen LogP contribution in [0.3, 0.4) is 0 Å². The second-order valence-corrected chi connectivity index (χ2v) is 5.33. The Kier molecular flexibility index (Phi) is 8.42. The zero-order valence-electron chi connectivity index (χ0n) is 12.0. The van der Waals surface area contributed by atoms with Crippen molar-refractivity contribution in [1.29, 1.82) is 0 Å². The van der Waals surface area contributed by atoms with Crippen LogP contribution in [0.25, 0.3) is 0 Å². The first-order valence-electron chi connectivity index (χ1n) is 6.87. The summed E-state index contributed by atoms with van der Waals surface area (Å²) in [6.07, 6.45) is 2.60. The van der Waals surface area contributed by atoms with E-state index in [9.17, 15) is 9.59 Å². The Labute approximate surface area is 110 Å². The highest BCUT2D eigenvalue weighted by Crippen LogP contribution is 2.20. The minimum atomic E-state index is -0.746. The van der Waals surface area contributed by atoms with Gasteiger partial charge in [0.15, 0.2) is 0 Å². The Morgan fingerprint density at radius 3 is 2.22 bits per heavy atom. The van der Waals surface area contributed by atoms with Crippen molar-refractivity contribution in [3.05, 3.63) is 0 Å². The van der Waals surface area contributed by atoms with E-state index in [1.54, 1.807) is 0 Å². The van der Waals surface area contributed by atoms with Crippen molar-refractivity contribution in [1.82, 2.24) is 5.32 Å². The summed E-state index contributed by atoms with van der Waals surface area (Å²) in [6, 6.07) is 0. The second kappa shape index (κ2) is 8.95. The van der Waals surface area contributed by atoms with Gasteiger partial charge in [-0.25, -0.2) is 0 Å². The summed E-state index contributed by atoms with van der Waals surface area (Å²) in [7, 11) is 0. The van der Waals surface area contributed by atoms with E-state index in [0.29, 0.717) is 24.8 Å². The number of carboxylic acid groups (broad SMARTS) is 1. The molecule has 0 fully saturated rings. The molecule has 0 bridgehead atoms. The zero-order chi connectivity index (χ0) is 14.1. The van der Waals surface area contributed by atoms with Crippen LogP contribution in [0.1, 0.15) is 53.4 Å². The van der Waals surface area contributed by atoms with E-state index in [1.807, 2.05) is 13.8 Å². The van der Waals surface area contributed by atoms with Crippen LogP contribution in [0, 0.1) is 17.8 Å². The monoisotopic (exact) mass is 257 g/mol. The maximum Gasteiger partial charge on any atom is 0.303 e. The highest BCUT2D eigenvalue weighted by atomic mass is 16.4. The van der Waals surface area contributed by atoms with Crippen LogP contribution in [-0.4, -0.2) is 23.5 Å². The first-order valence-corrected chi connectivity index (χ1v) is 6.87. The lowest BCUT2D eigenvalue weighted by Gasteiger charge is -2.20. The predicted octanol–water partition coefficient (Wildman–Crippen LogP) is 2.68. The number of aliphatic carboxylic acids is 1. The summed E-state index contributed by atoms with van der Waals surface area (Å²) in [6.45, 7) is 8.76. The summed E-state index contributed by atoms with van der Waals surface area (Å²) >= 11 is 0. The number of amides is 1. The van der Waals surface area contributed by atoms with Gasteiger partial charge in [0.1, 0.15) is 0 Å². The minimum Gasteiger partial charge on any atom is -0.481 e. The number of rotatable bonds is 9. The van der Waals surface area contributed by atoms with Gasteiger partial charge < -0.3 is 10.4 Å². The lowest BCUT2D eigenvalue weighted by molar-refractivity contribution is -0.137. The first kappa shape index (κ1) is 16.9. The van der Waals surface area contributed by atoms with Crippen LogP contribution in [0.5, 0.6) is 0 Å². The van der Waals surface area contributed by atoms with Crippen molar-refractivity contribution in [2.24, 2.45) is 17.8 Å². The van der Waals surface area contributed by atoms with E-state index < -0.39 is 5.97 Å². The smallest absolute Gasteiger partial charge is 0.303 e. The summed E-state index contributed by atoms with van der Waals surface area (Å²) in [5, 5.41) is 11.6. The molecule has 0 heterocycles. The van der Waals surface area contributed by atoms with Gasteiger partial charge in [-0.1, -0.05) is 27.7 Å². The zero-order valence-corrected chi connectivity index (χ0v) is 12.0. The third-order valence-electron chi connectivity index (χ3n) is 3.55. The van der Waals surface area contributed by atoms with Crippen LogP contribution in [0.4, 0.5) is 0 Å².